The Balaban J connectivity index is 1.47. The second-order valence-electron chi connectivity index (χ2n) is 9.10. The van der Waals surface area contributed by atoms with Crippen molar-refractivity contribution in [2.24, 2.45) is 0 Å². The van der Waals surface area contributed by atoms with Crippen LogP contribution in [0, 0.1) is 0 Å². The highest BCUT2D eigenvalue weighted by Gasteiger charge is 2.30. The molecule has 1 aliphatic rings. The van der Waals surface area contributed by atoms with E-state index in [0.29, 0.717) is 24.1 Å². The van der Waals surface area contributed by atoms with Crippen LogP contribution in [0.25, 0.3) is 0 Å². The monoisotopic (exact) mass is 525 g/mol. The first-order valence-electron chi connectivity index (χ1n) is 12.3. The Labute approximate surface area is 222 Å². The molecule has 3 N–H and O–H groups in total. The Morgan fingerprint density at radius 3 is 1.87 bits per heavy atom. The summed E-state index contributed by atoms with van der Waals surface area (Å²) >= 11 is 0. The minimum atomic E-state index is -4.09. The van der Waals surface area contributed by atoms with Crippen molar-refractivity contribution in [2.75, 3.05) is 5.32 Å². The number of fused-ring (bicyclic) bond motifs is 1. The lowest BCUT2D eigenvalue weighted by molar-refractivity contribution is -0.123. The van der Waals surface area contributed by atoms with Gasteiger partial charge in [0.25, 0.3) is 0 Å². The van der Waals surface area contributed by atoms with Gasteiger partial charge in [0.15, 0.2) is 0 Å². The highest BCUT2D eigenvalue weighted by molar-refractivity contribution is 7.89. The predicted molar refractivity (Wildman–Crippen MR) is 146 cm³/mol. The fourth-order valence-corrected chi connectivity index (χ4v) is 5.78. The first-order valence-corrected chi connectivity index (χ1v) is 13.8. The average Bonchev–Trinajstić information content (AvgIpc) is 2.95. The summed E-state index contributed by atoms with van der Waals surface area (Å²) in [7, 11) is -4.09. The number of anilines is 1. The van der Waals surface area contributed by atoms with Gasteiger partial charge in [0.2, 0.25) is 21.8 Å². The minimum Gasteiger partial charge on any atom is -0.343 e. The molecule has 0 radical (unpaired) electrons. The molecule has 7 nitrogen and oxygen atoms in total. The van der Waals surface area contributed by atoms with Crippen LogP contribution in [-0.4, -0.2) is 20.2 Å². The number of nitrogens with one attached hydrogen (secondary N) is 3. The smallest absolute Gasteiger partial charge is 0.243 e. The Bertz CT molecular complexity index is 1500. The van der Waals surface area contributed by atoms with Crippen molar-refractivity contribution in [3.63, 3.8) is 0 Å². The summed E-state index contributed by atoms with van der Waals surface area (Å²) in [6.07, 6.45) is 0.738. The van der Waals surface area contributed by atoms with Crippen LogP contribution in [0.4, 0.5) is 5.69 Å². The van der Waals surface area contributed by atoms with Crippen LogP contribution in [0.15, 0.2) is 114 Å². The maximum absolute atomic E-state index is 13.8. The Kier molecular flexibility index (Phi) is 7.35. The summed E-state index contributed by atoms with van der Waals surface area (Å²) in [5.74, 6) is -0.582. The maximum atomic E-state index is 13.8. The SMILES string of the molecule is O=C1CCc2cc(S(=O)(=O)NC(C(=O)NC(c3ccccc3)c3ccccc3)c3ccccc3)ccc2N1. The van der Waals surface area contributed by atoms with Crippen molar-refractivity contribution in [3.8, 4) is 0 Å². The third kappa shape index (κ3) is 5.66. The molecule has 8 heteroatoms. The number of sulfonamides is 1. The van der Waals surface area contributed by atoms with Crippen molar-refractivity contribution in [2.45, 2.75) is 29.8 Å². The normalized spacial score (nSPS) is 13.9. The lowest BCUT2D eigenvalue weighted by Crippen LogP contribution is -2.42. The van der Waals surface area contributed by atoms with Crippen LogP contribution in [0.5, 0.6) is 0 Å². The zero-order valence-electron chi connectivity index (χ0n) is 20.5. The largest absolute Gasteiger partial charge is 0.343 e. The summed E-state index contributed by atoms with van der Waals surface area (Å²) in [4.78, 5) is 25.5. The van der Waals surface area contributed by atoms with Gasteiger partial charge in [-0.15, -0.1) is 0 Å². The molecule has 1 heterocycles. The van der Waals surface area contributed by atoms with Gasteiger partial charge in [0.05, 0.1) is 10.9 Å². The van der Waals surface area contributed by atoms with Gasteiger partial charge in [-0.1, -0.05) is 91.0 Å². The highest BCUT2D eigenvalue weighted by Crippen LogP contribution is 2.28. The molecule has 0 aliphatic carbocycles. The molecule has 0 aromatic heterocycles. The van der Waals surface area contributed by atoms with E-state index in [1.807, 2.05) is 66.7 Å². The van der Waals surface area contributed by atoms with Crippen LogP contribution in [0.3, 0.4) is 0 Å². The molecule has 2 amide bonds. The van der Waals surface area contributed by atoms with E-state index >= 15 is 0 Å². The predicted octanol–water partition coefficient (Wildman–Crippen LogP) is 4.50. The number of carbonyl (C=O) groups is 2. The van der Waals surface area contributed by atoms with Gasteiger partial charge < -0.3 is 10.6 Å². The summed E-state index contributed by atoms with van der Waals surface area (Å²) in [6.45, 7) is 0. The van der Waals surface area contributed by atoms with Gasteiger partial charge in [-0.2, -0.15) is 4.72 Å². The summed E-state index contributed by atoms with van der Waals surface area (Å²) in [5, 5.41) is 5.82. The molecule has 38 heavy (non-hydrogen) atoms. The van der Waals surface area contributed by atoms with Gasteiger partial charge in [-0.3, -0.25) is 9.59 Å². The number of carbonyl (C=O) groups excluding carboxylic acids is 2. The van der Waals surface area contributed by atoms with Crippen molar-refractivity contribution >= 4 is 27.5 Å². The van der Waals surface area contributed by atoms with Crippen LogP contribution >= 0.6 is 0 Å². The topological polar surface area (TPSA) is 104 Å². The summed E-state index contributed by atoms with van der Waals surface area (Å²) < 4.78 is 29.7. The van der Waals surface area contributed by atoms with Crippen LogP contribution in [-0.2, 0) is 26.0 Å². The molecule has 1 unspecified atom stereocenters. The van der Waals surface area contributed by atoms with E-state index in [9.17, 15) is 18.0 Å². The average molecular weight is 526 g/mol. The molecule has 1 aliphatic heterocycles. The highest BCUT2D eigenvalue weighted by atomic mass is 32.2. The quantitative estimate of drug-likeness (QED) is 0.315. The van der Waals surface area contributed by atoms with Crippen molar-refractivity contribution in [1.82, 2.24) is 10.0 Å². The summed E-state index contributed by atoms with van der Waals surface area (Å²) in [5.41, 5.74) is 3.60. The standard InChI is InChI=1S/C30H27N3O4S/c34-27-19-16-24-20-25(17-18-26(24)31-27)38(36,37)33-29(23-14-8-3-9-15-23)30(35)32-28(21-10-4-1-5-11-21)22-12-6-2-7-13-22/h1-15,17-18,20,28-29,33H,16,19H2,(H,31,34)(H,32,35). The van der Waals surface area contributed by atoms with Crippen LogP contribution in [0.1, 0.15) is 40.8 Å². The minimum absolute atomic E-state index is 0.0313. The third-order valence-electron chi connectivity index (χ3n) is 6.50. The first-order chi connectivity index (χ1) is 18.4. The lowest BCUT2D eigenvalue weighted by atomic mass is 9.97. The molecular weight excluding hydrogens is 498 g/mol. The third-order valence-corrected chi connectivity index (χ3v) is 7.92. The van der Waals surface area contributed by atoms with E-state index in [-0.39, 0.29) is 10.8 Å². The molecule has 1 atom stereocenters. The van der Waals surface area contributed by atoms with E-state index in [1.165, 1.54) is 6.07 Å². The molecule has 0 spiro atoms. The van der Waals surface area contributed by atoms with Gasteiger partial charge >= 0.3 is 0 Å². The maximum Gasteiger partial charge on any atom is 0.243 e. The van der Waals surface area contributed by atoms with Crippen molar-refractivity contribution in [3.05, 3.63) is 131 Å². The van der Waals surface area contributed by atoms with E-state index in [4.69, 9.17) is 0 Å². The Hall–Kier alpha value is -4.27. The lowest BCUT2D eigenvalue weighted by Gasteiger charge is -2.25. The van der Waals surface area contributed by atoms with Gasteiger partial charge in [-0.05, 0) is 46.9 Å². The fraction of sp³-hybridized carbons (Fsp3) is 0.133. The van der Waals surface area contributed by atoms with E-state index in [2.05, 4.69) is 15.4 Å². The zero-order valence-corrected chi connectivity index (χ0v) is 21.3. The number of benzene rings is 4. The van der Waals surface area contributed by atoms with Crippen molar-refractivity contribution in [1.29, 1.82) is 0 Å². The van der Waals surface area contributed by atoms with E-state index in [1.54, 1.807) is 36.4 Å². The molecule has 4 aromatic rings. The molecule has 0 saturated heterocycles. The fourth-order valence-electron chi connectivity index (χ4n) is 4.54. The van der Waals surface area contributed by atoms with Gasteiger partial charge in [0, 0.05) is 12.1 Å². The zero-order chi connectivity index (χ0) is 26.5. The number of amides is 2. The molecule has 4 aromatic carbocycles. The molecule has 5 rings (SSSR count). The molecule has 0 fully saturated rings. The molecule has 0 bridgehead atoms. The molecular formula is C30H27N3O4S. The number of hydrogen-bond acceptors (Lipinski definition) is 4. The van der Waals surface area contributed by atoms with Gasteiger partial charge in [-0.25, -0.2) is 8.42 Å². The van der Waals surface area contributed by atoms with Crippen molar-refractivity contribution < 1.29 is 18.0 Å². The van der Waals surface area contributed by atoms with Crippen LogP contribution in [0.2, 0.25) is 0 Å². The van der Waals surface area contributed by atoms with Gasteiger partial charge in [0.1, 0.15) is 6.04 Å². The van der Waals surface area contributed by atoms with E-state index in [0.717, 1.165) is 16.7 Å². The number of hydrogen-bond donors (Lipinski definition) is 3. The first kappa shape index (κ1) is 25.4. The number of rotatable bonds is 8. The van der Waals surface area contributed by atoms with Crippen LogP contribution < -0.4 is 15.4 Å². The molecule has 0 saturated carbocycles. The second kappa shape index (κ2) is 11.0. The second-order valence-corrected chi connectivity index (χ2v) is 10.8. The summed E-state index contributed by atoms with van der Waals surface area (Å²) in [6, 6.07) is 30.8. The van der Waals surface area contributed by atoms with E-state index < -0.39 is 28.0 Å². The molecule has 192 valence electrons. The number of aryl methyl sites for hydroxylation is 1. The Morgan fingerprint density at radius 1 is 0.737 bits per heavy atom. The Morgan fingerprint density at radius 2 is 1.29 bits per heavy atom.